The lowest BCUT2D eigenvalue weighted by atomic mass is 9.70. The molecule has 5 N–H and O–H groups in total. The summed E-state index contributed by atoms with van der Waals surface area (Å²) in [6.45, 7) is 16.7. The maximum Gasteiger partial charge on any atom is 0.408 e. The molecule has 2 aromatic carbocycles. The first kappa shape index (κ1) is 44.1. The number of carbonyl (C=O) groups excluding carboxylic acids is 4. The van der Waals surface area contributed by atoms with Crippen molar-refractivity contribution in [2.75, 3.05) is 56.4 Å². The summed E-state index contributed by atoms with van der Waals surface area (Å²) in [7, 11) is 0. The van der Waals surface area contributed by atoms with Gasteiger partial charge in [-0.1, -0.05) is 32.9 Å². The van der Waals surface area contributed by atoms with Crippen LogP contribution in [0.25, 0.3) is 10.9 Å². The molecule has 4 aromatic rings. The highest BCUT2D eigenvalue weighted by atomic mass is 16.6. The molecular weight excluding hydrogens is 783 g/mol. The number of aromatic nitrogens is 2. The van der Waals surface area contributed by atoms with Crippen LogP contribution in [0.1, 0.15) is 118 Å². The minimum atomic E-state index is -0.763. The van der Waals surface area contributed by atoms with Crippen molar-refractivity contribution in [1.29, 1.82) is 5.26 Å². The van der Waals surface area contributed by atoms with Crippen LogP contribution in [0.5, 0.6) is 0 Å². The van der Waals surface area contributed by atoms with Crippen molar-refractivity contribution in [2.45, 2.75) is 110 Å². The molecule has 0 radical (unpaired) electrons. The van der Waals surface area contributed by atoms with E-state index in [4.69, 9.17) is 10.5 Å². The number of nitrogens with one attached hydrogen (secondary N) is 3. The fourth-order valence-electron chi connectivity index (χ4n) is 9.30. The van der Waals surface area contributed by atoms with Gasteiger partial charge in [0.05, 0.1) is 17.2 Å². The highest BCUT2D eigenvalue weighted by molar-refractivity contribution is 6.20. The van der Waals surface area contributed by atoms with Gasteiger partial charge in [0.1, 0.15) is 17.5 Å². The molecule has 7 rings (SSSR count). The molecule has 4 heterocycles. The Morgan fingerprint density at radius 3 is 2.55 bits per heavy atom. The zero-order chi connectivity index (χ0) is 44.3. The topological polar surface area (TPSA) is 190 Å². The lowest BCUT2D eigenvalue weighted by molar-refractivity contribution is -0.131. The molecule has 2 atom stereocenters. The summed E-state index contributed by atoms with van der Waals surface area (Å²) in [6, 6.07) is 14.8. The van der Waals surface area contributed by atoms with Gasteiger partial charge in [0.15, 0.2) is 5.78 Å². The van der Waals surface area contributed by atoms with E-state index in [1.54, 1.807) is 33.0 Å². The van der Waals surface area contributed by atoms with E-state index in [9.17, 15) is 24.4 Å². The van der Waals surface area contributed by atoms with Gasteiger partial charge in [-0.3, -0.25) is 14.4 Å². The number of nitriles is 1. The number of pyridine rings is 1. The van der Waals surface area contributed by atoms with Crippen LogP contribution >= 0.6 is 0 Å². The number of alkyl carbamates (subject to hydrolysis) is 1. The number of fused-ring (bicyclic) bond motifs is 4. The SMILES string of the molecule is CCc1cc2c(cc1N1CCN(C(=O)CCCN3CC[C@@H](NC(=O)[C@H](CCCc4cccnc4N)NC(=O)OC(C)(C)C)C3)CC1)C(C)(C)c1[nH]c3cc(C#N)ccc3c1C2=O. The number of ketones is 1. The molecule has 2 aromatic heterocycles. The van der Waals surface area contributed by atoms with Crippen LogP contribution in [-0.4, -0.2) is 107 Å². The van der Waals surface area contributed by atoms with Crippen LogP contribution in [0.15, 0.2) is 48.7 Å². The monoisotopic (exact) mass is 843 g/mol. The van der Waals surface area contributed by atoms with Gasteiger partial charge >= 0.3 is 6.09 Å². The molecular formula is C48H61N9O5. The second-order valence-corrected chi connectivity index (χ2v) is 18.5. The van der Waals surface area contributed by atoms with Gasteiger partial charge in [0, 0.05) is 91.2 Å². The number of benzene rings is 2. The number of hydrogen-bond acceptors (Lipinski definition) is 10. The molecule has 0 saturated carbocycles. The number of carbonyl (C=O) groups is 4. The number of anilines is 2. The zero-order valence-electron chi connectivity index (χ0n) is 37.0. The maximum atomic E-state index is 14.1. The Balaban J connectivity index is 0.895. The maximum absolute atomic E-state index is 14.1. The molecule has 14 heteroatoms. The smallest absolute Gasteiger partial charge is 0.408 e. The summed E-state index contributed by atoms with van der Waals surface area (Å²) in [5.74, 6) is 0.378. The third kappa shape index (κ3) is 9.58. The number of H-pyrrole nitrogens is 1. The third-order valence-corrected chi connectivity index (χ3v) is 12.6. The first-order valence-electron chi connectivity index (χ1n) is 22.1. The number of ether oxygens (including phenoxy) is 1. The first-order valence-corrected chi connectivity index (χ1v) is 22.1. The Labute approximate surface area is 364 Å². The number of nitrogens with zero attached hydrogens (tertiary/aromatic N) is 5. The number of nitrogens with two attached hydrogens (primary N) is 1. The van der Waals surface area contributed by atoms with Crippen LogP contribution in [0.3, 0.4) is 0 Å². The lowest BCUT2D eigenvalue weighted by Gasteiger charge is -2.39. The van der Waals surface area contributed by atoms with Gasteiger partial charge in [-0.25, -0.2) is 9.78 Å². The lowest BCUT2D eigenvalue weighted by Crippen LogP contribution is -2.51. The third-order valence-electron chi connectivity index (χ3n) is 12.6. The molecule has 14 nitrogen and oxygen atoms in total. The summed E-state index contributed by atoms with van der Waals surface area (Å²) in [5, 5.41) is 16.3. The van der Waals surface area contributed by atoms with Crippen LogP contribution in [0.2, 0.25) is 0 Å². The molecule has 2 fully saturated rings. The van der Waals surface area contributed by atoms with Crippen molar-refractivity contribution in [2.24, 2.45) is 0 Å². The number of nitrogen functional groups attached to an aromatic ring is 1. The van der Waals surface area contributed by atoms with Gasteiger partial charge < -0.3 is 40.8 Å². The molecule has 0 unspecified atom stereocenters. The Morgan fingerprint density at radius 2 is 1.84 bits per heavy atom. The fraction of sp³-hybridized carbons (Fsp3) is 0.500. The van der Waals surface area contributed by atoms with E-state index in [-0.39, 0.29) is 23.6 Å². The number of aromatic amines is 1. The number of likely N-dealkylation sites (tertiary alicyclic amines) is 1. The van der Waals surface area contributed by atoms with Crippen molar-refractivity contribution in [3.63, 3.8) is 0 Å². The van der Waals surface area contributed by atoms with Gasteiger partial charge in [0.25, 0.3) is 0 Å². The second kappa shape index (κ2) is 18.2. The Bertz CT molecular complexity index is 2380. The minimum absolute atomic E-state index is 0.00686. The molecule has 1 aliphatic carbocycles. The van der Waals surface area contributed by atoms with E-state index in [0.717, 1.165) is 76.9 Å². The molecule has 328 valence electrons. The Kier molecular flexibility index (Phi) is 12.9. The van der Waals surface area contributed by atoms with Crippen molar-refractivity contribution in [3.05, 3.63) is 87.7 Å². The summed E-state index contributed by atoms with van der Waals surface area (Å²) >= 11 is 0. The molecule has 0 spiro atoms. The average Bonchev–Trinajstić information content (AvgIpc) is 3.86. The molecule has 3 amide bonds. The van der Waals surface area contributed by atoms with Gasteiger partial charge in [-0.2, -0.15) is 5.26 Å². The largest absolute Gasteiger partial charge is 0.444 e. The van der Waals surface area contributed by atoms with E-state index in [1.165, 1.54) is 0 Å². The molecule has 2 saturated heterocycles. The number of piperazine rings is 1. The first-order chi connectivity index (χ1) is 29.6. The molecule has 3 aliphatic rings. The Hall–Kier alpha value is -5.94. The molecule has 0 bridgehead atoms. The normalized spacial score (nSPS) is 17.9. The van der Waals surface area contributed by atoms with E-state index >= 15 is 0 Å². The second-order valence-electron chi connectivity index (χ2n) is 18.5. The summed E-state index contributed by atoms with van der Waals surface area (Å²) in [4.78, 5) is 68.0. The predicted octanol–water partition coefficient (Wildman–Crippen LogP) is 5.98. The van der Waals surface area contributed by atoms with Gasteiger partial charge in [-0.05, 0) is 113 Å². The van der Waals surface area contributed by atoms with E-state index in [2.05, 4.69) is 69.4 Å². The minimum Gasteiger partial charge on any atom is -0.444 e. The number of rotatable bonds is 13. The van der Waals surface area contributed by atoms with Crippen molar-refractivity contribution in [3.8, 4) is 6.07 Å². The standard InChI is InChI=1S/C48H61N9O5/c1-7-31-26-35-36(48(5,6)43-41(42(35)59)34-16-15-30(28-49)25-38(34)53-43)27-39(31)56-21-23-57(24-22-56)40(58)14-10-19-55-20-17-33(29-55)52-45(60)37(54-46(61)62-47(2,3)4)13-8-11-32-12-9-18-51-44(32)50/h9,12,15-16,18,25-27,33,37,53H,7-8,10-11,13-14,17,19-24,29H2,1-6H3,(H2,50,51)(H,52,60)(H,54,61)/t33-,37+/m1/s1. The average molecular weight is 844 g/mol. The van der Waals surface area contributed by atoms with E-state index < -0.39 is 23.2 Å². The summed E-state index contributed by atoms with van der Waals surface area (Å²) in [5.41, 5.74) is 12.6. The number of amides is 3. The van der Waals surface area contributed by atoms with Crippen molar-refractivity contribution < 1.29 is 23.9 Å². The number of aryl methyl sites for hydroxylation is 2. The van der Waals surface area contributed by atoms with Crippen LogP contribution in [0, 0.1) is 11.3 Å². The van der Waals surface area contributed by atoms with Crippen LogP contribution in [-0.2, 0) is 32.6 Å². The summed E-state index contributed by atoms with van der Waals surface area (Å²) < 4.78 is 5.46. The molecule has 62 heavy (non-hydrogen) atoms. The molecule has 2 aliphatic heterocycles. The Morgan fingerprint density at radius 1 is 1.06 bits per heavy atom. The van der Waals surface area contributed by atoms with Gasteiger partial charge in [0.2, 0.25) is 11.8 Å². The highest BCUT2D eigenvalue weighted by Crippen LogP contribution is 2.46. The van der Waals surface area contributed by atoms with Gasteiger partial charge in [-0.15, -0.1) is 0 Å². The van der Waals surface area contributed by atoms with E-state index in [0.29, 0.717) is 75.4 Å². The van der Waals surface area contributed by atoms with Crippen LogP contribution < -0.4 is 21.3 Å². The number of hydrogen-bond donors (Lipinski definition) is 4. The van der Waals surface area contributed by atoms with Crippen molar-refractivity contribution >= 4 is 46.1 Å². The quantitative estimate of drug-likeness (QED) is 0.125. The van der Waals surface area contributed by atoms with E-state index in [1.807, 2.05) is 29.2 Å². The van der Waals surface area contributed by atoms with Crippen LogP contribution in [0.4, 0.5) is 16.3 Å². The highest BCUT2D eigenvalue weighted by Gasteiger charge is 2.41. The predicted molar refractivity (Wildman–Crippen MR) is 240 cm³/mol. The van der Waals surface area contributed by atoms with Crippen molar-refractivity contribution in [1.82, 2.24) is 30.4 Å². The zero-order valence-corrected chi connectivity index (χ0v) is 37.0. The summed E-state index contributed by atoms with van der Waals surface area (Å²) in [6.07, 6.45) is 5.41. The fourth-order valence-corrected chi connectivity index (χ4v) is 9.30.